The van der Waals surface area contributed by atoms with Crippen LogP contribution in [0.1, 0.15) is 58.6 Å². The van der Waals surface area contributed by atoms with Crippen LogP contribution in [-0.4, -0.2) is 28.8 Å². The minimum absolute atomic E-state index is 0.00555. The monoisotopic (exact) mass is 344 g/mol. The van der Waals surface area contributed by atoms with Crippen molar-refractivity contribution in [3.63, 3.8) is 0 Å². The highest BCUT2D eigenvalue weighted by Crippen LogP contribution is 2.28. The zero-order chi connectivity index (χ0) is 18.8. The van der Waals surface area contributed by atoms with Crippen molar-refractivity contribution in [2.45, 2.75) is 66.5 Å². The average molecular weight is 344 g/mol. The Hall–Kier alpha value is -1.84. The summed E-state index contributed by atoms with van der Waals surface area (Å²) >= 11 is 0. The molecule has 25 heavy (non-hydrogen) atoms. The van der Waals surface area contributed by atoms with Gasteiger partial charge in [0.25, 0.3) is 0 Å². The second-order valence-electron chi connectivity index (χ2n) is 9.27. The fourth-order valence-electron chi connectivity index (χ4n) is 3.82. The Labute approximate surface area is 152 Å². The standard InChI is InChI=1S/C21H32N2O2/c1-15-7-9-16(10-8-15)12-23-13-17(11-18(23)24)19(25)22-21(5,6)14-20(2,3)4/h7-10,17H,11-14H2,1-6H3,(H,22,25). The fourth-order valence-corrected chi connectivity index (χ4v) is 3.82. The van der Waals surface area contributed by atoms with Crippen LogP contribution in [0.25, 0.3) is 0 Å². The molecule has 1 heterocycles. The Bertz CT molecular complexity index is 626. The summed E-state index contributed by atoms with van der Waals surface area (Å²) in [5, 5.41) is 3.15. The second-order valence-corrected chi connectivity index (χ2v) is 9.27. The molecule has 0 radical (unpaired) electrons. The minimum atomic E-state index is -0.275. The van der Waals surface area contributed by atoms with Gasteiger partial charge in [0.2, 0.25) is 11.8 Å². The SMILES string of the molecule is Cc1ccc(CN2CC(C(=O)NC(C)(C)CC(C)(C)C)CC2=O)cc1. The van der Waals surface area contributed by atoms with E-state index in [9.17, 15) is 9.59 Å². The van der Waals surface area contributed by atoms with E-state index >= 15 is 0 Å². The lowest BCUT2D eigenvalue weighted by Crippen LogP contribution is -2.48. The largest absolute Gasteiger partial charge is 0.351 e. The Balaban J connectivity index is 1.94. The number of aryl methyl sites for hydroxylation is 1. The van der Waals surface area contributed by atoms with E-state index < -0.39 is 0 Å². The molecule has 1 aromatic carbocycles. The van der Waals surface area contributed by atoms with Crippen LogP contribution >= 0.6 is 0 Å². The van der Waals surface area contributed by atoms with E-state index in [1.165, 1.54) is 5.56 Å². The van der Waals surface area contributed by atoms with E-state index in [0.717, 1.165) is 12.0 Å². The van der Waals surface area contributed by atoms with Gasteiger partial charge in [-0.05, 0) is 38.2 Å². The van der Waals surface area contributed by atoms with Crippen molar-refractivity contribution in [2.75, 3.05) is 6.54 Å². The molecule has 1 atom stereocenters. The average Bonchev–Trinajstić information content (AvgIpc) is 2.79. The molecule has 0 aromatic heterocycles. The maximum absolute atomic E-state index is 12.6. The molecule has 0 spiro atoms. The van der Waals surface area contributed by atoms with Crippen LogP contribution in [0, 0.1) is 18.3 Å². The van der Waals surface area contributed by atoms with Gasteiger partial charge in [0.15, 0.2) is 0 Å². The van der Waals surface area contributed by atoms with Gasteiger partial charge in [-0.2, -0.15) is 0 Å². The first-order valence-corrected chi connectivity index (χ1v) is 9.11. The van der Waals surface area contributed by atoms with Crippen LogP contribution in [0.4, 0.5) is 0 Å². The molecule has 1 saturated heterocycles. The third-order valence-corrected chi connectivity index (χ3v) is 4.51. The molecule has 0 bridgehead atoms. The van der Waals surface area contributed by atoms with E-state index in [2.05, 4.69) is 52.1 Å². The Kier molecular flexibility index (Phi) is 5.60. The minimum Gasteiger partial charge on any atom is -0.351 e. The number of rotatable bonds is 5. The van der Waals surface area contributed by atoms with E-state index in [1.807, 2.05) is 19.1 Å². The Morgan fingerprint density at radius 1 is 1.16 bits per heavy atom. The number of nitrogens with zero attached hydrogens (tertiary/aromatic N) is 1. The molecule has 2 amide bonds. The zero-order valence-corrected chi connectivity index (χ0v) is 16.5. The Morgan fingerprint density at radius 2 is 1.76 bits per heavy atom. The third kappa shape index (κ3) is 5.87. The van der Waals surface area contributed by atoms with Gasteiger partial charge >= 0.3 is 0 Å². The summed E-state index contributed by atoms with van der Waals surface area (Å²) in [6.45, 7) is 13.7. The number of benzene rings is 1. The molecule has 1 fully saturated rings. The van der Waals surface area contributed by atoms with E-state index in [0.29, 0.717) is 19.5 Å². The molecule has 4 nitrogen and oxygen atoms in total. The number of carbonyl (C=O) groups excluding carboxylic acids is 2. The summed E-state index contributed by atoms with van der Waals surface area (Å²) in [6, 6.07) is 8.19. The lowest BCUT2D eigenvalue weighted by molar-refractivity contribution is -0.129. The lowest BCUT2D eigenvalue weighted by Gasteiger charge is -2.34. The Morgan fingerprint density at radius 3 is 2.32 bits per heavy atom. The molecule has 0 aliphatic carbocycles. The number of hydrogen-bond donors (Lipinski definition) is 1. The molecule has 1 aliphatic heterocycles. The quantitative estimate of drug-likeness (QED) is 0.886. The summed E-state index contributed by atoms with van der Waals surface area (Å²) in [6.07, 6.45) is 1.20. The highest BCUT2D eigenvalue weighted by atomic mass is 16.2. The second kappa shape index (κ2) is 7.19. The van der Waals surface area contributed by atoms with Crippen molar-refractivity contribution in [3.05, 3.63) is 35.4 Å². The van der Waals surface area contributed by atoms with Crippen LogP contribution in [0.15, 0.2) is 24.3 Å². The van der Waals surface area contributed by atoms with E-state index in [4.69, 9.17) is 0 Å². The molecule has 1 unspecified atom stereocenters. The van der Waals surface area contributed by atoms with Crippen molar-refractivity contribution < 1.29 is 9.59 Å². The smallest absolute Gasteiger partial charge is 0.225 e. The first-order valence-electron chi connectivity index (χ1n) is 9.11. The van der Waals surface area contributed by atoms with E-state index in [1.54, 1.807) is 4.90 Å². The summed E-state index contributed by atoms with van der Waals surface area (Å²) in [5.41, 5.74) is 2.17. The predicted molar refractivity (Wildman–Crippen MR) is 101 cm³/mol. The van der Waals surface area contributed by atoms with Crippen molar-refractivity contribution in [1.82, 2.24) is 10.2 Å². The normalized spacial score (nSPS) is 18.6. The number of carbonyl (C=O) groups is 2. The van der Waals surface area contributed by atoms with Gasteiger partial charge in [0, 0.05) is 25.0 Å². The van der Waals surface area contributed by atoms with Crippen molar-refractivity contribution in [1.29, 1.82) is 0 Å². The molecule has 1 aromatic rings. The zero-order valence-electron chi connectivity index (χ0n) is 16.5. The van der Waals surface area contributed by atoms with Crippen molar-refractivity contribution >= 4 is 11.8 Å². The molecule has 4 heteroatoms. The van der Waals surface area contributed by atoms with Gasteiger partial charge in [-0.1, -0.05) is 50.6 Å². The lowest BCUT2D eigenvalue weighted by atomic mass is 9.81. The molecular weight excluding hydrogens is 312 g/mol. The van der Waals surface area contributed by atoms with Crippen LogP contribution < -0.4 is 5.32 Å². The van der Waals surface area contributed by atoms with Crippen molar-refractivity contribution in [2.24, 2.45) is 11.3 Å². The van der Waals surface area contributed by atoms with Gasteiger partial charge in [-0.3, -0.25) is 9.59 Å². The summed E-state index contributed by atoms with van der Waals surface area (Å²) in [7, 11) is 0. The number of likely N-dealkylation sites (tertiary alicyclic amines) is 1. The maximum atomic E-state index is 12.6. The molecule has 1 N–H and O–H groups in total. The van der Waals surface area contributed by atoms with Crippen LogP contribution in [-0.2, 0) is 16.1 Å². The van der Waals surface area contributed by atoms with Crippen LogP contribution in [0.3, 0.4) is 0 Å². The third-order valence-electron chi connectivity index (χ3n) is 4.51. The topological polar surface area (TPSA) is 49.4 Å². The van der Waals surface area contributed by atoms with Gasteiger partial charge < -0.3 is 10.2 Å². The summed E-state index contributed by atoms with van der Waals surface area (Å²) < 4.78 is 0. The molecule has 2 rings (SSSR count). The van der Waals surface area contributed by atoms with Gasteiger partial charge in [-0.15, -0.1) is 0 Å². The molecule has 1 aliphatic rings. The van der Waals surface area contributed by atoms with Crippen LogP contribution in [0.5, 0.6) is 0 Å². The van der Waals surface area contributed by atoms with Gasteiger partial charge in [0.1, 0.15) is 0 Å². The summed E-state index contributed by atoms with van der Waals surface area (Å²) in [4.78, 5) is 26.7. The number of amides is 2. The predicted octanol–water partition coefficient (Wildman–Crippen LogP) is 3.67. The highest BCUT2D eigenvalue weighted by Gasteiger charge is 2.36. The highest BCUT2D eigenvalue weighted by molar-refractivity contribution is 5.89. The number of hydrogen-bond acceptors (Lipinski definition) is 2. The molecular formula is C21H32N2O2. The summed E-state index contributed by atoms with van der Waals surface area (Å²) in [5.74, 6) is -0.194. The number of nitrogens with one attached hydrogen (secondary N) is 1. The van der Waals surface area contributed by atoms with Gasteiger partial charge in [0.05, 0.1) is 5.92 Å². The molecule has 0 saturated carbocycles. The van der Waals surface area contributed by atoms with E-state index in [-0.39, 0.29) is 28.7 Å². The van der Waals surface area contributed by atoms with Crippen LogP contribution in [0.2, 0.25) is 0 Å². The maximum Gasteiger partial charge on any atom is 0.225 e. The fraction of sp³-hybridized carbons (Fsp3) is 0.619. The first kappa shape index (κ1) is 19.5. The molecule has 138 valence electrons. The first-order chi connectivity index (χ1) is 11.5. The van der Waals surface area contributed by atoms with Crippen molar-refractivity contribution in [3.8, 4) is 0 Å². The van der Waals surface area contributed by atoms with Gasteiger partial charge in [-0.25, -0.2) is 0 Å².